The van der Waals surface area contributed by atoms with Crippen LogP contribution in [0.1, 0.15) is 35.2 Å². The molecule has 4 heteroatoms. The van der Waals surface area contributed by atoms with Crippen molar-refractivity contribution in [2.45, 2.75) is 19.3 Å². The number of unbranched alkanes of at least 4 members (excludes halogenated alkanes) is 2. The number of carbonyl (C=O) groups excluding carboxylic acids is 1. The van der Waals surface area contributed by atoms with E-state index < -0.39 is 0 Å². The van der Waals surface area contributed by atoms with Crippen LogP contribution >= 0.6 is 15.9 Å². The van der Waals surface area contributed by atoms with E-state index in [2.05, 4.69) is 15.9 Å². The molecule has 0 atom stereocenters. The lowest BCUT2D eigenvalue weighted by Gasteiger charge is -2.07. The summed E-state index contributed by atoms with van der Waals surface area (Å²) in [5.41, 5.74) is 1.17. The summed E-state index contributed by atoms with van der Waals surface area (Å²) in [6.07, 6.45) is 3.33. The van der Waals surface area contributed by atoms with Crippen LogP contribution in [0.3, 0.4) is 0 Å². The van der Waals surface area contributed by atoms with Gasteiger partial charge in [-0.3, -0.25) is 4.79 Å². The second-order valence-corrected chi connectivity index (χ2v) is 5.79. The molecule has 0 aliphatic heterocycles. The molecular formula is C18H19BrO3. The molecule has 0 amide bonds. The van der Waals surface area contributed by atoms with E-state index in [0.29, 0.717) is 17.7 Å². The van der Waals surface area contributed by atoms with Gasteiger partial charge in [0, 0.05) is 16.5 Å². The fourth-order valence-corrected chi connectivity index (χ4v) is 2.44. The van der Waals surface area contributed by atoms with Gasteiger partial charge in [0.1, 0.15) is 11.5 Å². The maximum atomic E-state index is 12.3. The zero-order valence-electron chi connectivity index (χ0n) is 12.3. The molecule has 2 aromatic carbocycles. The molecule has 0 aliphatic rings. The molecule has 0 aromatic heterocycles. The highest BCUT2D eigenvalue weighted by molar-refractivity contribution is 9.09. The van der Waals surface area contributed by atoms with Gasteiger partial charge in [-0.15, -0.1) is 0 Å². The Balaban J connectivity index is 1.91. The van der Waals surface area contributed by atoms with Gasteiger partial charge in [0.25, 0.3) is 0 Å². The molecule has 1 N–H and O–H groups in total. The van der Waals surface area contributed by atoms with Crippen LogP contribution in [0.2, 0.25) is 0 Å². The maximum absolute atomic E-state index is 12.3. The molecule has 0 aliphatic carbocycles. The van der Waals surface area contributed by atoms with Gasteiger partial charge in [0.15, 0.2) is 5.78 Å². The van der Waals surface area contributed by atoms with Crippen molar-refractivity contribution in [1.29, 1.82) is 0 Å². The molecule has 0 spiro atoms. The Morgan fingerprint density at radius 2 is 1.50 bits per heavy atom. The van der Waals surface area contributed by atoms with Crippen molar-refractivity contribution >= 4 is 21.7 Å². The van der Waals surface area contributed by atoms with Crippen LogP contribution in [0.15, 0.2) is 48.5 Å². The van der Waals surface area contributed by atoms with Gasteiger partial charge in [-0.25, -0.2) is 0 Å². The summed E-state index contributed by atoms with van der Waals surface area (Å²) in [7, 11) is 0. The monoisotopic (exact) mass is 362 g/mol. The van der Waals surface area contributed by atoms with E-state index >= 15 is 0 Å². The molecule has 2 rings (SSSR count). The zero-order valence-corrected chi connectivity index (χ0v) is 13.9. The van der Waals surface area contributed by atoms with Gasteiger partial charge < -0.3 is 9.84 Å². The molecule has 0 fully saturated rings. The molecule has 22 heavy (non-hydrogen) atoms. The Morgan fingerprint density at radius 3 is 2.09 bits per heavy atom. The van der Waals surface area contributed by atoms with Crippen molar-refractivity contribution < 1.29 is 14.6 Å². The molecule has 3 nitrogen and oxygen atoms in total. The molecule has 0 radical (unpaired) electrons. The number of benzene rings is 2. The summed E-state index contributed by atoms with van der Waals surface area (Å²) in [6.45, 7) is 0.693. The Kier molecular flexibility index (Phi) is 6.46. The highest BCUT2D eigenvalue weighted by Crippen LogP contribution is 2.17. The molecular weight excluding hydrogens is 344 g/mol. The molecule has 116 valence electrons. The lowest BCUT2D eigenvalue weighted by atomic mass is 10.0. The summed E-state index contributed by atoms with van der Waals surface area (Å²) in [5.74, 6) is 0.866. The lowest BCUT2D eigenvalue weighted by molar-refractivity contribution is 0.103. The van der Waals surface area contributed by atoms with E-state index in [-0.39, 0.29) is 11.5 Å². The van der Waals surface area contributed by atoms with E-state index in [1.54, 1.807) is 24.3 Å². The van der Waals surface area contributed by atoms with Gasteiger partial charge in [-0.1, -0.05) is 15.9 Å². The first-order valence-electron chi connectivity index (χ1n) is 7.33. The largest absolute Gasteiger partial charge is 0.508 e. The first kappa shape index (κ1) is 16.6. The number of phenols is 1. The van der Waals surface area contributed by atoms with E-state index in [4.69, 9.17) is 4.74 Å². The van der Waals surface area contributed by atoms with Crippen LogP contribution in [-0.2, 0) is 0 Å². The van der Waals surface area contributed by atoms with Crippen molar-refractivity contribution in [2.24, 2.45) is 0 Å². The molecule has 2 aromatic rings. The molecule has 0 saturated heterocycles. The predicted octanol–water partition coefficient (Wildman–Crippen LogP) is 4.57. The normalized spacial score (nSPS) is 10.4. The van der Waals surface area contributed by atoms with Crippen molar-refractivity contribution in [3.63, 3.8) is 0 Å². The van der Waals surface area contributed by atoms with E-state index in [0.717, 1.165) is 30.3 Å². The third-order valence-electron chi connectivity index (χ3n) is 3.29. The summed E-state index contributed by atoms with van der Waals surface area (Å²) in [5, 5.41) is 10.3. The van der Waals surface area contributed by atoms with Gasteiger partial charge >= 0.3 is 0 Å². The summed E-state index contributed by atoms with van der Waals surface area (Å²) >= 11 is 3.40. The van der Waals surface area contributed by atoms with Crippen LogP contribution in [0.5, 0.6) is 11.5 Å². The summed E-state index contributed by atoms with van der Waals surface area (Å²) in [4.78, 5) is 12.3. The second-order valence-electron chi connectivity index (χ2n) is 5.00. The third-order valence-corrected chi connectivity index (χ3v) is 3.85. The third kappa shape index (κ3) is 4.88. The van der Waals surface area contributed by atoms with Gasteiger partial charge in [0.2, 0.25) is 0 Å². The number of halogens is 1. The number of aromatic hydroxyl groups is 1. The quantitative estimate of drug-likeness (QED) is 0.425. The number of ketones is 1. The number of hydrogen-bond acceptors (Lipinski definition) is 3. The number of hydrogen-bond donors (Lipinski definition) is 1. The van der Waals surface area contributed by atoms with Crippen molar-refractivity contribution in [1.82, 2.24) is 0 Å². The minimum Gasteiger partial charge on any atom is -0.508 e. The highest BCUT2D eigenvalue weighted by Gasteiger charge is 2.09. The van der Waals surface area contributed by atoms with E-state index in [9.17, 15) is 9.90 Å². The Bertz CT molecular complexity index is 591. The standard InChI is InChI=1S/C18H19BrO3/c19-12-2-1-3-13-22-17-10-6-15(7-11-17)18(21)14-4-8-16(20)9-5-14/h4-11,20H,1-3,12-13H2. The molecule has 0 saturated carbocycles. The van der Waals surface area contributed by atoms with Crippen molar-refractivity contribution in [3.8, 4) is 11.5 Å². The van der Waals surface area contributed by atoms with Crippen molar-refractivity contribution in [2.75, 3.05) is 11.9 Å². The molecule has 0 unspecified atom stereocenters. The molecule has 0 bridgehead atoms. The first-order chi connectivity index (χ1) is 10.7. The first-order valence-corrected chi connectivity index (χ1v) is 8.45. The lowest BCUT2D eigenvalue weighted by Crippen LogP contribution is -2.02. The average Bonchev–Trinajstić information content (AvgIpc) is 2.55. The van der Waals surface area contributed by atoms with Crippen molar-refractivity contribution in [3.05, 3.63) is 59.7 Å². The smallest absolute Gasteiger partial charge is 0.193 e. The number of phenolic OH excluding ortho intramolecular Hbond substituents is 1. The zero-order chi connectivity index (χ0) is 15.8. The number of alkyl halides is 1. The van der Waals surface area contributed by atoms with E-state index in [1.807, 2.05) is 12.1 Å². The number of ether oxygens (including phenoxy) is 1. The maximum Gasteiger partial charge on any atom is 0.193 e. The SMILES string of the molecule is O=C(c1ccc(O)cc1)c1ccc(OCCCCCBr)cc1. The van der Waals surface area contributed by atoms with Crippen LogP contribution < -0.4 is 4.74 Å². The number of rotatable bonds is 8. The predicted molar refractivity (Wildman–Crippen MR) is 91.1 cm³/mol. The Labute approximate surface area is 139 Å². The average molecular weight is 363 g/mol. The van der Waals surface area contributed by atoms with Crippen LogP contribution in [0.4, 0.5) is 0 Å². The Morgan fingerprint density at radius 1 is 0.909 bits per heavy atom. The minimum absolute atomic E-state index is 0.0659. The van der Waals surface area contributed by atoms with Gasteiger partial charge in [-0.2, -0.15) is 0 Å². The summed E-state index contributed by atoms with van der Waals surface area (Å²) in [6, 6.07) is 13.4. The van der Waals surface area contributed by atoms with Gasteiger partial charge in [-0.05, 0) is 67.8 Å². The van der Waals surface area contributed by atoms with Crippen LogP contribution in [0.25, 0.3) is 0 Å². The second kappa shape index (κ2) is 8.59. The minimum atomic E-state index is -0.0659. The van der Waals surface area contributed by atoms with Gasteiger partial charge in [0.05, 0.1) is 6.61 Å². The fourth-order valence-electron chi connectivity index (χ4n) is 2.05. The number of carbonyl (C=O) groups is 1. The highest BCUT2D eigenvalue weighted by atomic mass is 79.9. The van der Waals surface area contributed by atoms with Crippen LogP contribution in [-0.4, -0.2) is 22.8 Å². The summed E-state index contributed by atoms with van der Waals surface area (Å²) < 4.78 is 5.65. The Hall–Kier alpha value is -1.81. The molecule has 0 heterocycles. The fraction of sp³-hybridized carbons (Fsp3) is 0.278. The topological polar surface area (TPSA) is 46.5 Å². The van der Waals surface area contributed by atoms with E-state index in [1.165, 1.54) is 12.1 Å². The van der Waals surface area contributed by atoms with Crippen LogP contribution in [0, 0.1) is 0 Å².